The molecule has 2 atom stereocenters. The Labute approximate surface area is 136 Å². The number of nitrogens with zero attached hydrogens (tertiary/aromatic N) is 1. The molecular formula is C11H19N2O7P3. The third-order valence-corrected chi connectivity index (χ3v) is 6.32. The van der Waals surface area contributed by atoms with Crippen LogP contribution in [0.4, 0.5) is 0 Å². The van der Waals surface area contributed by atoms with Gasteiger partial charge < -0.3 is 9.05 Å². The van der Waals surface area contributed by atoms with Gasteiger partial charge in [-0.15, -0.1) is 0 Å². The van der Waals surface area contributed by atoms with Crippen molar-refractivity contribution in [3.63, 3.8) is 0 Å². The maximum Gasteiger partial charge on any atom is 0.344 e. The molecule has 2 unspecified atom stereocenters. The van der Waals surface area contributed by atoms with Crippen LogP contribution in [-0.4, -0.2) is 29.9 Å². The van der Waals surface area contributed by atoms with E-state index in [2.05, 4.69) is 4.98 Å². The highest BCUT2D eigenvalue weighted by Gasteiger charge is 2.23. The Morgan fingerprint density at radius 1 is 1.22 bits per heavy atom. The van der Waals surface area contributed by atoms with E-state index >= 15 is 0 Å². The fraction of sp³-hybridized carbons (Fsp3) is 0.455. The van der Waals surface area contributed by atoms with Gasteiger partial charge in [-0.3, -0.25) is 27.5 Å². The summed E-state index contributed by atoms with van der Waals surface area (Å²) in [5.74, 6) is 0. The molecule has 23 heavy (non-hydrogen) atoms. The second-order valence-corrected chi connectivity index (χ2v) is 8.44. The standard InChI is InChI=1S/C11H19N2O7P3/c1-9-8-13(11(15)12-10(9)14)6-4-5-7-23(16,19-21-17-2)20-22-18-3/h4-5,8,21-22H,6-7H2,1-3H3,(H,12,14,15)/b5-4-. The summed E-state index contributed by atoms with van der Waals surface area (Å²) < 4.78 is 33.3. The zero-order chi connectivity index (χ0) is 17.3. The minimum absolute atomic E-state index is 0.0107. The monoisotopic (exact) mass is 384 g/mol. The topological polar surface area (TPSA) is 109 Å². The highest BCUT2D eigenvalue weighted by Crippen LogP contribution is 2.57. The fourth-order valence-corrected chi connectivity index (χ4v) is 4.42. The van der Waals surface area contributed by atoms with Crippen LogP contribution in [0.1, 0.15) is 5.56 Å². The first-order valence-corrected chi connectivity index (χ1v) is 9.75. The number of aromatic nitrogens is 2. The lowest BCUT2D eigenvalue weighted by molar-refractivity contribution is 0.355. The summed E-state index contributed by atoms with van der Waals surface area (Å²) in [5, 5.41) is 0. The Morgan fingerprint density at radius 3 is 2.39 bits per heavy atom. The van der Waals surface area contributed by atoms with Gasteiger partial charge in [-0.1, -0.05) is 12.2 Å². The molecule has 0 radical (unpaired) electrons. The average molecular weight is 384 g/mol. The molecule has 0 aliphatic carbocycles. The van der Waals surface area contributed by atoms with Crippen molar-refractivity contribution in [2.24, 2.45) is 0 Å². The molecule has 1 N–H and O–H groups in total. The Hall–Kier alpha value is -0.650. The molecule has 0 bridgehead atoms. The van der Waals surface area contributed by atoms with Crippen molar-refractivity contribution in [2.45, 2.75) is 13.5 Å². The highest BCUT2D eigenvalue weighted by atomic mass is 31.3. The molecule has 130 valence electrons. The van der Waals surface area contributed by atoms with Gasteiger partial charge in [0.05, 0.1) is 6.16 Å². The predicted molar refractivity (Wildman–Crippen MR) is 90.5 cm³/mol. The lowest BCUT2D eigenvalue weighted by Gasteiger charge is -2.14. The smallest absolute Gasteiger partial charge is 0.339 e. The van der Waals surface area contributed by atoms with E-state index in [9.17, 15) is 14.2 Å². The molecule has 12 heteroatoms. The van der Waals surface area contributed by atoms with E-state index < -0.39 is 36.9 Å². The molecule has 0 amide bonds. The number of H-pyrrole nitrogens is 1. The fourth-order valence-electron chi connectivity index (χ4n) is 1.43. The largest absolute Gasteiger partial charge is 0.344 e. The summed E-state index contributed by atoms with van der Waals surface area (Å²) in [6.07, 6.45) is 4.67. The van der Waals surface area contributed by atoms with Crippen LogP contribution in [0.3, 0.4) is 0 Å². The molecule has 0 spiro atoms. The van der Waals surface area contributed by atoms with Gasteiger partial charge in [0.2, 0.25) is 0 Å². The van der Waals surface area contributed by atoms with E-state index in [4.69, 9.17) is 17.7 Å². The van der Waals surface area contributed by atoms with Crippen LogP contribution in [0.5, 0.6) is 0 Å². The number of hydrogen-bond acceptors (Lipinski definition) is 7. The van der Waals surface area contributed by atoms with Crippen LogP contribution in [0.2, 0.25) is 0 Å². The molecule has 0 fully saturated rings. The van der Waals surface area contributed by atoms with E-state index in [1.54, 1.807) is 19.1 Å². The molecule has 1 heterocycles. The Kier molecular flexibility index (Phi) is 9.10. The zero-order valence-electron chi connectivity index (χ0n) is 12.9. The maximum atomic E-state index is 12.4. The Balaban J connectivity index is 2.68. The summed E-state index contributed by atoms with van der Waals surface area (Å²) in [6, 6.07) is 0. The van der Waals surface area contributed by atoms with Crippen LogP contribution in [0, 0.1) is 6.92 Å². The van der Waals surface area contributed by atoms with Crippen molar-refractivity contribution in [1.29, 1.82) is 0 Å². The summed E-state index contributed by atoms with van der Waals surface area (Å²) in [5.41, 5.74) is -0.497. The minimum Gasteiger partial charge on any atom is -0.339 e. The number of hydrogen-bond donors (Lipinski definition) is 1. The molecule has 0 saturated carbocycles. The summed E-state index contributed by atoms with van der Waals surface area (Å²) in [6.45, 7) is 1.82. The van der Waals surface area contributed by atoms with Crippen LogP contribution in [-0.2, 0) is 28.8 Å². The molecule has 0 aromatic carbocycles. The maximum absolute atomic E-state index is 12.4. The summed E-state index contributed by atoms with van der Waals surface area (Å²) >= 11 is 0. The van der Waals surface area contributed by atoms with E-state index in [1.807, 2.05) is 0 Å². The summed E-state index contributed by atoms with van der Waals surface area (Å²) in [7, 11) is -1.34. The Morgan fingerprint density at radius 2 is 1.83 bits per heavy atom. The molecular weight excluding hydrogens is 365 g/mol. The van der Waals surface area contributed by atoms with Crippen molar-refractivity contribution in [2.75, 3.05) is 20.4 Å². The number of rotatable bonds is 10. The van der Waals surface area contributed by atoms with Gasteiger partial charge in [-0.25, -0.2) is 4.79 Å². The van der Waals surface area contributed by atoms with Crippen LogP contribution < -0.4 is 11.2 Å². The molecule has 0 saturated heterocycles. The molecule has 1 aromatic heterocycles. The van der Waals surface area contributed by atoms with Gasteiger partial charge in [0.25, 0.3) is 5.56 Å². The number of aryl methyl sites for hydroxylation is 1. The molecule has 1 rings (SSSR count). The second-order valence-electron chi connectivity index (χ2n) is 4.25. The minimum atomic E-state index is -3.36. The first-order chi connectivity index (χ1) is 10.9. The van der Waals surface area contributed by atoms with Crippen LogP contribution in [0.25, 0.3) is 0 Å². The normalized spacial score (nSPS) is 15.3. The van der Waals surface area contributed by atoms with Gasteiger partial charge in [0, 0.05) is 32.5 Å². The number of aromatic amines is 1. The van der Waals surface area contributed by atoms with E-state index in [0.29, 0.717) is 5.56 Å². The van der Waals surface area contributed by atoms with Gasteiger partial charge in [-0.05, 0) is 6.92 Å². The van der Waals surface area contributed by atoms with Gasteiger partial charge in [0.1, 0.15) is 0 Å². The lowest BCUT2D eigenvalue weighted by atomic mass is 10.4. The zero-order valence-corrected chi connectivity index (χ0v) is 15.8. The van der Waals surface area contributed by atoms with Crippen molar-refractivity contribution >= 4 is 25.7 Å². The second kappa shape index (κ2) is 10.3. The van der Waals surface area contributed by atoms with Crippen molar-refractivity contribution < 1.29 is 22.2 Å². The number of nitrogens with one attached hydrogen (secondary N) is 1. The van der Waals surface area contributed by atoms with Crippen LogP contribution >= 0.6 is 25.7 Å². The number of allylic oxidation sites excluding steroid dienone is 2. The first kappa shape index (κ1) is 20.4. The molecule has 1 aromatic rings. The first-order valence-electron chi connectivity index (χ1n) is 6.39. The van der Waals surface area contributed by atoms with Crippen molar-refractivity contribution in [3.8, 4) is 0 Å². The quantitative estimate of drug-likeness (QED) is 0.485. The summed E-state index contributed by atoms with van der Waals surface area (Å²) in [4.78, 5) is 25.1. The van der Waals surface area contributed by atoms with Crippen molar-refractivity contribution in [3.05, 3.63) is 44.8 Å². The van der Waals surface area contributed by atoms with E-state index in [-0.39, 0.29) is 12.7 Å². The predicted octanol–water partition coefficient (Wildman–Crippen LogP) is 1.94. The lowest BCUT2D eigenvalue weighted by Crippen LogP contribution is -2.30. The molecule has 9 nitrogen and oxygen atoms in total. The third-order valence-electron chi connectivity index (χ3n) is 2.51. The van der Waals surface area contributed by atoms with Gasteiger partial charge in [-0.2, -0.15) is 0 Å². The Bertz CT molecular complexity index is 673. The average Bonchev–Trinajstić information content (AvgIpc) is 2.52. The SMILES string of the molecule is COPOP(=O)(C/C=C\Cn1cc(C)c(=O)[nH]c1=O)OPOC. The van der Waals surface area contributed by atoms with Gasteiger partial charge in [0.15, 0.2) is 18.1 Å². The molecule has 0 aliphatic heterocycles. The highest BCUT2D eigenvalue weighted by molar-refractivity contribution is 7.63. The third kappa shape index (κ3) is 7.19. The van der Waals surface area contributed by atoms with Crippen LogP contribution in [0.15, 0.2) is 27.9 Å². The van der Waals surface area contributed by atoms with Gasteiger partial charge >= 0.3 is 13.3 Å². The van der Waals surface area contributed by atoms with E-state index in [1.165, 1.54) is 25.0 Å². The van der Waals surface area contributed by atoms with E-state index in [0.717, 1.165) is 0 Å². The molecule has 0 aliphatic rings. The van der Waals surface area contributed by atoms with Crippen molar-refractivity contribution in [1.82, 2.24) is 9.55 Å².